The van der Waals surface area contributed by atoms with Crippen molar-refractivity contribution < 1.29 is 13.2 Å². The Morgan fingerprint density at radius 1 is 1.39 bits per heavy atom. The molecule has 9 heteroatoms. The summed E-state index contributed by atoms with van der Waals surface area (Å²) in [5.74, 6) is 0.00932. The molecule has 2 rings (SSSR count). The molecule has 1 amide bonds. The minimum Gasteiger partial charge on any atom is -0.359 e. The summed E-state index contributed by atoms with van der Waals surface area (Å²) in [6.45, 7) is 2.86. The zero-order valence-corrected chi connectivity index (χ0v) is 14.6. The number of carbonyl (C=O) groups is 1. The largest absolute Gasteiger partial charge is 0.359 e. The van der Waals surface area contributed by atoms with Crippen molar-refractivity contribution in [1.82, 2.24) is 24.7 Å². The quantitative estimate of drug-likeness (QED) is 0.713. The number of likely N-dealkylation sites (N-methyl/N-ethyl adjacent to an activating group) is 1. The highest BCUT2D eigenvalue weighted by atomic mass is 32.2. The highest BCUT2D eigenvalue weighted by Crippen LogP contribution is 2.24. The molecule has 130 valence electrons. The second-order valence-electron chi connectivity index (χ2n) is 5.81. The van der Waals surface area contributed by atoms with Gasteiger partial charge in [0, 0.05) is 44.8 Å². The van der Waals surface area contributed by atoms with Gasteiger partial charge in [-0.25, -0.2) is 13.1 Å². The minimum absolute atomic E-state index is 0.00932. The fourth-order valence-corrected chi connectivity index (χ4v) is 3.87. The van der Waals surface area contributed by atoms with Crippen molar-refractivity contribution in [3.8, 4) is 0 Å². The first-order valence-electron chi connectivity index (χ1n) is 7.82. The number of hydrogen-bond donors (Lipinski definition) is 2. The Labute approximate surface area is 137 Å². The summed E-state index contributed by atoms with van der Waals surface area (Å²) >= 11 is 0. The van der Waals surface area contributed by atoms with E-state index in [0.29, 0.717) is 19.5 Å². The van der Waals surface area contributed by atoms with E-state index in [1.165, 1.54) is 12.4 Å². The Morgan fingerprint density at radius 2 is 2.09 bits per heavy atom. The molecule has 0 aromatic carbocycles. The summed E-state index contributed by atoms with van der Waals surface area (Å²) in [4.78, 5) is 13.8. The van der Waals surface area contributed by atoms with Crippen LogP contribution < -0.4 is 10.0 Å². The van der Waals surface area contributed by atoms with Crippen molar-refractivity contribution in [1.29, 1.82) is 0 Å². The van der Waals surface area contributed by atoms with Gasteiger partial charge in [0.1, 0.15) is 4.90 Å². The van der Waals surface area contributed by atoms with E-state index >= 15 is 0 Å². The van der Waals surface area contributed by atoms with Crippen LogP contribution in [-0.2, 0) is 21.4 Å². The fourth-order valence-electron chi connectivity index (χ4n) is 2.84. The molecule has 2 N–H and O–H groups in total. The number of nitrogens with one attached hydrogen (secondary N) is 2. The maximum Gasteiger partial charge on any atom is 0.243 e. The van der Waals surface area contributed by atoms with Crippen LogP contribution in [0.3, 0.4) is 0 Å². The molecule has 0 saturated carbocycles. The van der Waals surface area contributed by atoms with Crippen LogP contribution in [0.1, 0.15) is 26.2 Å². The molecule has 23 heavy (non-hydrogen) atoms. The Balaban J connectivity index is 1.91. The molecule has 1 aromatic heterocycles. The van der Waals surface area contributed by atoms with Gasteiger partial charge in [-0.05, 0) is 26.8 Å². The van der Waals surface area contributed by atoms with E-state index in [9.17, 15) is 13.2 Å². The van der Waals surface area contributed by atoms with E-state index in [4.69, 9.17) is 0 Å². The third-order valence-corrected chi connectivity index (χ3v) is 5.82. The molecule has 2 atom stereocenters. The molecular formula is C14H25N5O3S. The molecule has 0 unspecified atom stereocenters. The standard InChI is InChI=1S/C14H25N5O3S/c1-4-19-10-13(9-16-19)23(21,22)17-8-12-6-5-11(18(12)3)7-14(20)15-2/h9-12,17H,4-8H2,1-3H3,(H,15,20)/t11-,12+/m1/s1. The number of aromatic nitrogens is 2. The van der Waals surface area contributed by atoms with Gasteiger partial charge in [-0.1, -0.05) is 0 Å². The van der Waals surface area contributed by atoms with E-state index in [1.807, 2.05) is 14.0 Å². The first-order chi connectivity index (χ1) is 10.9. The zero-order valence-electron chi connectivity index (χ0n) is 13.8. The summed E-state index contributed by atoms with van der Waals surface area (Å²) in [6.07, 6.45) is 5.09. The Kier molecular flexibility index (Phi) is 5.77. The number of nitrogens with zero attached hydrogens (tertiary/aromatic N) is 3. The van der Waals surface area contributed by atoms with Gasteiger partial charge in [0.2, 0.25) is 15.9 Å². The predicted octanol–water partition coefficient (Wildman–Crippen LogP) is -0.220. The topological polar surface area (TPSA) is 96.3 Å². The van der Waals surface area contributed by atoms with Crippen molar-refractivity contribution >= 4 is 15.9 Å². The van der Waals surface area contributed by atoms with Crippen LogP contribution in [0.5, 0.6) is 0 Å². The molecular weight excluding hydrogens is 318 g/mol. The second-order valence-corrected chi connectivity index (χ2v) is 7.58. The number of likely N-dealkylation sites (tertiary alicyclic amines) is 1. The molecule has 1 aliphatic rings. The summed E-state index contributed by atoms with van der Waals surface area (Å²) in [5.41, 5.74) is 0. The molecule has 8 nitrogen and oxygen atoms in total. The fraction of sp³-hybridized carbons (Fsp3) is 0.714. The number of rotatable bonds is 7. The third-order valence-electron chi connectivity index (χ3n) is 4.44. The predicted molar refractivity (Wildman–Crippen MR) is 86.3 cm³/mol. The minimum atomic E-state index is -3.54. The number of amides is 1. The summed E-state index contributed by atoms with van der Waals surface area (Å²) in [6, 6.07) is 0.257. The molecule has 1 saturated heterocycles. The summed E-state index contributed by atoms with van der Waals surface area (Å²) < 4.78 is 28.8. The molecule has 0 radical (unpaired) electrons. The van der Waals surface area contributed by atoms with Crippen LogP contribution in [0, 0.1) is 0 Å². The highest BCUT2D eigenvalue weighted by molar-refractivity contribution is 7.89. The van der Waals surface area contributed by atoms with Crippen molar-refractivity contribution in [2.75, 3.05) is 20.6 Å². The van der Waals surface area contributed by atoms with Gasteiger partial charge in [0.05, 0.1) is 6.20 Å². The van der Waals surface area contributed by atoms with E-state index in [-0.39, 0.29) is 22.9 Å². The lowest BCUT2D eigenvalue weighted by Gasteiger charge is -2.25. The van der Waals surface area contributed by atoms with Gasteiger partial charge in [0.15, 0.2) is 0 Å². The van der Waals surface area contributed by atoms with Gasteiger partial charge in [-0.15, -0.1) is 0 Å². The van der Waals surface area contributed by atoms with Crippen LogP contribution in [0.4, 0.5) is 0 Å². The molecule has 1 aliphatic heterocycles. The Hall–Kier alpha value is -1.45. The van der Waals surface area contributed by atoms with Gasteiger partial charge in [0.25, 0.3) is 0 Å². The number of carbonyl (C=O) groups excluding carboxylic acids is 1. The molecule has 0 aliphatic carbocycles. The van der Waals surface area contributed by atoms with E-state index in [1.54, 1.807) is 11.7 Å². The van der Waals surface area contributed by atoms with Crippen LogP contribution in [0.25, 0.3) is 0 Å². The van der Waals surface area contributed by atoms with Crippen LogP contribution >= 0.6 is 0 Å². The number of sulfonamides is 1. The van der Waals surface area contributed by atoms with Crippen LogP contribution in [0.15, 0.2) is 17.3 Å². The van der Waals surface area contributed by atoms with Gasteiger partial charge in [-0.3, -0.25) is 14.4 Å². The Morgan fingerprint density at radius 3 is 2.70 bits per heavy atom. The lowest BCUT2D eigenvalue weighted by atomic mass is 10.1. The van der Waals surface area contributed by atoms with Crippen molar-refractivity contribution in [3.63, 3.8) is 0 Å². The zero-order chi connectivity index (χ0) is 17.0. The molecule has 2 heterocycles. The summed E-state index contributed by atoms with van der Waals surface area (Å²) in [5, 5.41) is 6.62. The molecule has 0 bridgehead atoms. The average molecular weight is 343 g/mol. The van der Waals surface area contributed by atoms with E-state index < -0.39 is 10.0 Å². The lowest BCUT2D eigenvalue weighted by Crippen LogP contribution is -2.42. The van der Waals surface area contributed by atoms with E-state index in [0.717, 1.165) is 12.8 Å². The lowest BCUT2D eigenvalue weighted by molar-refractivity contribution is -0.121. The molecule has 1 aromatic rings. The second kappa shape index (κ2) is 7.41. The number of hydrogen-bond acceptors (Lipinski definition) is 5. The Bertz CT molecular complexity index is 643. The highest BCUT2D eigenvalue weighted by Gasteiger charge is 2.32. The van der Waals surface area contributed by atoms with Crippen LogP contribution in [-0.4, -0.2) is 61.7 Å². The number of aryl methyl sites for hydroxylation is 1. The van der Waals surface area contributed by atoms with Crippen molar-refractivity contribution in [3.05, 3.63) is 12.4 Å². The normalized spacial score (nSPS) is 22.4. The maximum absolute atomic E-state index is 12.3. The van der Waals surface area contributed by atoms with E-state index in [2.05, 4.69) is 20.0 Å². The first-order valence-corrected chi connectivity index (χ1v) is 9.30. The van der Waals surface area contributed by atoms with Crippen molar-refractivity contribution in [2.45, 2.75) is 49.7 Å². The SMILES string of the molecule is CCn1cc(S(=O)(=O)NC[C@@H]2CC[C@H](CC(=O)NC)N2C)cn1. The first kappa shape index (κ1) is 17.9. The van der Waals surface area contributed by atoms with Gasteiger partial charge < -0.3 is 5.32 Å². The summed E-state index contributed by atoms with van der Waals surface area (Å²) in [7, 11) is 0.0186. The van der Waals surface area contributed by atoms with Gasteiger partial charge >= 0.3 is 0 Å². The molecule has 0 spiro atoms. The third kappa shape index (κ3) is 4.30. The molecule has 1 fully saturated rings. The monoisotopic (exact) mass is 343 g/mol. The average Bonchev–Trinajstić information content (AvgIpc) is 3.14. The van der Waals surface area contributed by atoms with Gasteiger partial charge in [-0.2, -0.15) is 5.10 Å². The maximum atomic E-state index is 12.3. The smallest absolute Gasteiger partial charge is 0.243 e. The van der Waals surface area contributed by atoms with Crippen molar-refractivity contribution in [2.24, 2.45) is 0 Å². The van der Waals surface area contributed by atoms with Crippen LogP contribution in [0.2, 0.25) is 0 Å².